The molecular formula is C27H29N3O5S. The van der Waals surface area contributed by atoms with Crippen LogP contribution in [0.25, 0.3) is 6.08 Å². The van der Waals surface area contributed by atoms with Crippen molar-refractivity contribution < 1.29 is 19.0 Å². The minimum absolute atomic E-state index is 0.226. The van der Waals surface area contributed by atoms with E-state index in [0.29, 0.717) is 32.1 Å². The maximum absolute atomic E-state index is 13.8. The maximum atomic E-state index is 13.8. The van der Waals surface area contributed by atoms with Crippen LogP contribution < -0.4 is 29.3 Å². The molecule has 0 amide bonds. The lowest BCUT2D eigenvalue weighted by Crippen LogP contribution is -2.40. The van der Waals surface area contributed by atoms with Crippen LogP contribution in [0.2, 0.25) is 0 Å². The number of aromatic nitrogens is 1. The number of methoxy groups -OCH3 is 2. The Morgan fingerprint density at radius 2 is 1.86 bits per heavy atom. The smallest absolute Gasteiger partial charge is 0.338 e. The van der Waals surface area contributed by atoms with Crippen LogP contribution in [-0.2, 0) is 9.53 Å². The Morgan fingerprint density at radius 3 is 2.47 bits per heavy atom. The fourth-order valence-electron chi connectivity index (χ4n) is 4.14. The summed E-state index contributed by atoms with van der Waals surface area (Å²) in [4.78, 5) is 33.9. The fourth-order valence-corrected chi connectivity index (χ4v) is 5.18. The van der Waals surface area contributed by atoms with Gasteiger partial charge in [-0.2, -0.15) is 0 Å². The van der Waals surface area contributed by atoms with Crippen LogP contribution in [0.3, 0.4) is 0 Å². The lowest BCUT2D eigenvalue weighted by molar-refractivity contribution is -0.139. The summed E-state index contributed by atoms with van der Waals surface area (Å²) in [5.74, 6) is 0.757. The fraction of sp³-hybridized carbons (Fsp3) is 0.296. The molecule has 1 aliphatic rings. The first-order valence-corrected chi connectivity index (χ1v) is 12.3. The molecule has 1 unspecified atom stereocenters. The van der Waals surface area contributed by atoms with Crippen molar-refractivity contribution in [2.75, 3.05) is 39.8 Å². The molecule has 8 nitrogen and oxygen atoms in total. The topological polar surface area (TPSA) is 82.4 Å². The highest BCUT2D eigenvalue weighted by molar-refractivity contribution is 7.07. The van der Waals surface area contributed by atoms with E-state index in [0.717, 1.165) is 16.8 Å². The molecule has 36 heavy (non-hydrogen) atoms. The highest BCUT2D eigenvalue weighted by Gasteiger charge is 2.33. The van der Waals surface area contributed by atoms with Crippen molar-refractivity contribution in [2.24, 2.45) is 4.99 Å². The third kappa shape index (κ3) is 4.66. The Kier molecular flexibility index (Phi) is 7.30. The van der Waals surface area contributed by atoms with Crippen LogP contribution in [-0.4, -0.2) is 45.5 Å². The van der Waals surface area contributed by atoms with Crippen LogP contribution >= 0.6 is 11.3 Å². The number of hydrogen-bond acceptors (Lipinski definition) is 8. The molecule has 4 rings (SSSR count). The average molecular weight is 508 g/mol. The van der Waals surface area contributed by atoms with Gasteiger partial charge in [0.05, 0.1) is 42.7 Å². The second-order valence-electron chi connectivity index (χ2n) is 8.40. The standard InChI is InChI=1S/C27H29N3O5S/c1-7-35-26(32)23-16(2)28-27-30(24(23)17-8-11-19(12-9-17)29(3)4)25(31)22(36-27)14-18-10-13-20(33-5)15-21(18)34-6/h8-15,24H,7H2,1-6H3. The van der Waals surface area contributed by atoms with Gasteiger partial charge in [-0.3, -0.25) is 9.36 Å². The van der Waals surface area contributed by atoms with Gasteiger partial charge in [0, 0.05) is 31.4 Å². The maximum Gasteiger partial charge on any atom is 0.338 e. The second kappa shape index (κ2) is 10.4. The van der Waals surface area contributed by atoms with Gasteiger partial charge < -0.3 is 19.1 Å². The van der Waals surface area contributed by atoms with E-state index in [1.807, 2.05) is 55.4 Å². The van der Waals surface area contributed by atoms with E-state index >= 15 is 0 Å². The number of rotatable bonds is 7. The first kappa shape index (κ1) is 25.2. The van der Waals surface area contributed by atoms with Crippen molar-refractivity contribution in [3.8, 4) is 11.5 Å². The molecule has 0 bridgehead atoms. The summed E-state index contributed by atoms with van der Waals surface area (Å²) in [6.45, 7) is 3.76. The number of ether oxygens (including phenoxy) is 3. The van der Waals surface area contributed by atoms with Crippen molar-refractivity contribution in [3.05, 3.63) is 84.5 Å². The predicted octanol–water partition coefficient (Wildman–Crippen LogP) is 2.88. The van der Waals surface area contributed by atoms with Crippen molar-refractivity contribution in [1.29, 1.82) is 0 Å². The molecule has 9 heteroatoms. The van der Waals surface area contributed by atoms with Crippen LogP contribution in [0.1, 0.15) is 31.0 Å². The Hall–Kier alpha value is -3.85. The van der Waals surface area contributed by atoms with E-state index in [1.165, 1.54) is 11.3 Å². The zero-order chi connectivity index (χ0) is 26.0. The van der Waals surface area contributed by atoms with Crippen molar-refractivity contribution in [2.45, 2.75) is 19.9 Å². The van der Waals surface area contributed by atoms with Gasteiger partial charge in [0.25, 0.3) is 5.56 Å². The van der Waals surface area contributed by atoms with E-state index in [2.05, 4.69) is 4.99 Å². The number of thiazole rings is 1. The first-order chi connectivity index (χ1) is 17.3. The third-order valence-electron chi connectivity index (χ3n) is 5.97. The number of nitrogens with zero attached hydrogens (tertiary/aromatic N) is 3. The largest absolute Gasteiger partial charge is 0.497 e. The highest BCUT2D eigenvalue weighted by atomic mass is 32.1. The van der Waals surface area contributed by atoms with Crippen molar-refractivity contribution >= 4 is 29.1 Å². The molecule has 0 fully saturated rings. The lowest BCUT2D eigenvalue weighted by Gasteiger charge is -2.25. The molecule has 1 atom stereocenters. The summed E-state index contributed by atoms with van der Waals surface area (Å²) in [6.07, 6.45) is 1.78. The molecule has 1 aliphatic heterocycles. The van der Waals surface area contributed by atoms with Crippen molar-refractivity contribution in [1.82, 2.24) is 4.57 Å². The van der Waals surface area contributed by atoms with Gasteiger partial charge in [-0.05, 0) is 49.8 Å². The zero-order valence-electron chi connectivity index (χ0n) is 21.2. The number of esters is 1. The Bertz CT molecular complexity index is 1500. The molecule has 0 radical (unpaired) electrons. The summed E-state index contributed by atoms with van der Waals surface area (Å²) in [5.41, 5.74) is 3.19. The molecule has 2 heterocycles. The van der Waals surface area contributed by atoms with Gasteiger partial charge in [0.2, 0.25) is 0 Å². The van der Waals surface area contributed by atoms with Gasteiger partial charge in [-0.25, -0.2) is 9.79 Å². The Balaban J connectivity index is 1.93. The van der Waals surface area contributed by atoms with Gasteiger partial charge in [-0.1, -0.05) is 23.5 Å². The summed E-state index contributed by atoms with van der Waals surface area (Å²) in [5, 5.41) is 0. The van der Waals surface area contributed by atoms with Crippen LogP contribution in [0.4, 0.5) is 5.69 Å². The molecular weight excluding hydrogens is 478 g/mol. The lowest BCUT2D eigenvalue weighted by atomic mass is 9.95. The number of fused-ring (bicyclic) bond motifs is 1. The average Bonchev–Trinajstić information content (AvgIpc) is 3.17. The van der Waals surface area contributed by atoms with Crippen LogP contribution in [0.5, 0.6) is 11.5 Å². The summed E-state index contributed by atoms with van der Waals surface area (Å²) < 4.78 is 18.2. The van der Waals surface area contributed by atoms with E-state index in [1.54, 1.807) is 44.8 Å². The number of allylic oxidation sites excluding steroid dienone is 1. The molecule has 0 saturated heterocycles. The van der Waals surface area contributed by atoms with Gasteiger partial charge in [0.1, 0.15) is 11.5 Å². The summed E-state index contributed by atoms with van der Waals surface area (Å²) in [6, 6.07) is 12.5. The van der Waals surface area contributed by atoms with Crippen molar-refractivity contribution in [3.63, 3.8) is 0 Å². The summed E-state index contributed by atoms with van der Waals surface area (Å²) >= 11 is 1.27. The van der Waals surface area contributed by atoms with Crippen LogP contribution in [0.15, 0.2) is 63.5 Å². The minimum atomic E-state index is -0.656. The Labute approximate surface area is 213 Å². The van der Waals surface area contributed by atoms with Gasteiger partial charge in [-0.15, -0.1) is 0 Å². The molecule has 0 aliphatic carbocycles. The number of anilines is 1. The molecule has 0 spiro atoms. The molecule has 1 aromatic heterocycles. The quantitative estimate of drug-likeness (QED) is 0.458. The molecule has 188 valence electrons. The second-order valence-corrected chi connectivity index (χ2v) is 9.41. The number of hydrogen-bond donors (Lipinski definition) is 0. The summed E-state index contributed by atoms with van der Waals surface area (Å²) in [7, 11) is 7.07. The SMILES string of the molecule is CCOC(=O)C1=C(C)N=c2sc(=Cc3ccc(OC)cc3OC)c(=O)n2C1c1ccc(N(C)C)cc1. The Morgan fingerprint density at radius 1 is 1.14 bits per heavy atom. The van der Waals surface area contributed by atoms with E-state index in [-0.39, 0.29) is 12.2 Å². The van der Waals surface area contributed by atoms with E-state index < -0.39 is 12.0 Å². The van der Waals surface area contributed by atoms with Gasteiger partial charge >= 0.3 is 5.97 Å². The molecule has 2 aromatic carbocycles. The number of carbonyl (C=O) groups is 1. The number of benzene rings is 2. The van der Waals surface area contributed by atoms with E-state index in [9.17, 15) is 9.59 Å². The molecule has 3 aromatic rings. The first-order valence-electron chi connectivity index (χ1n) is 11.5. The minimum Gasteiger partial charge on any atom is -0.497 e. The van der Waals surface area contributed by atoms with Crippen LogP contribution in [0, 0.1) is 0 Å². The zero-order valence-corrected chi connectivity index (χ0v) is 22.0. The number of carbonyl (C=O) groups excluding carboxylic acids is 1. The predicted molar refractivity (Wildman–Crippen MR) is 141 cm³/mol. The molecule has 0 N–H and O–H groups in total. The van der Waals surface area contributed by atoms with E-state index in [4.69, 9.17) is 14.2 Å². The highest BCUT2D eigenvalue weighted by Crippen LogP contribution is 2.32. The third-order valence-corrected chi connectivity index (χ3v) is 6.95. The normalized spacial score (nSPS) is 15.3. The van der Waals surface area contributed by atoms with Gasteiger partial charge in [0.15, 0.2) is 4.80 Å². The monoisotopic (exact) mass is 507 g/mol. The molecule has 0 saturated carbocycles.